The summed E-state index contributed by atoms with van der Waals surface area (Å²) in [4.78, 5) is 28.4. The second kappa shape index (κ2) is 8.60. The first-order valence-corrected chi connectivity index (χ1v) is 8.84. The Balaban J connectivity index is 1.59. The predicted octanol–water partition coefficient (Wildman–Crippen LogP) is 2.13. The largest absolute Gasteiger partial charge is 0.497 e. The van der Waals surface area contributed by atoms with Gasteiger partial charge in [0.15, 0.2) is 0 Å². The molecule has 2 amide bonds. The fourth-order valence-electron chi connectivity index (χ4n) is 3.04. The molecule has 0 atom stereocenters. The Morgan fingerprint density at radius 3 is 2.25 bits per heavy atom. The molecule has 1 fully saturated rings. The Morgan fingerprint density at radius 1 is 0.964 bits per heavy atom. The topological polar surface area (TPSA) is 71.1 Å². The molecule has 0 bridgehead atoms. The van der Waals surface area contributed by atoms with Crippen LogP contribution in [0.3, 0.4) is 0 Å². The molecule has 28 heavy (non-hydrogen) atoms. The monoisotopic (exact) mass is 387 g/mol. The van der Waals surface area contributed by atoms with E-state index in [-0.39, 0.29) is 5.82 Å². The van der Waals surface area contributed by atoms with Gasteiger partial charge in [-0.1, -0.05) is 0 Å². The third-order valence-electron chi connectivity index (χ3n) is 4.61. The van der Waals surface area contributed by atoms with E-state index in [4.69, 9.17) is 9.47 Å². The van der Waals surface area contributed by atoms with Crippen molar-refractivity contribution in [3.05, 3.63) is 48.3 Å². The average Bonchev–Trinajstić information content (AvgIpc) is 2.74. The number of halogens is 1. The molecule has 0 unspecified atom stereocenters. The maximum absolute atomic E-state index is 13.1. The van der Waals surface area contributed by atoms with Crippen molar-refractivity contribution in [1.82, 2.24) is 4.90 Å². The van der Waals surface area contributed by atoms with Crippen LogP contribution in [0.2, 0.25) is 0 Å². The van der Waals surface area contributed by atoms with Gasteiger partial charge in [-0.3, -0.25) is 9.59 Å². The quantitative estimate of drug-likeness (QED) is 0.814. The maximum atomic E-state index is 13.1. The van der Waals surface area contributed by atoms with Crippen LogP contribution in [-0.4, -0.2) is 57.1 Å². The number of benzene rings is 2. The Bertz CT molecular complexity index is 849. The SMILES string of the molecule is COc1ccc(NC(=O)C(=O)N2CCN(c3ccc(F)cc3)CC2)c(OC)c1. The van der Waals surface area contributed by atoms with Crippen LogP contribution in [0, 0.1) is 5.82 Å². The molecular weight excluding hydrogens is 365 g/mol. The van der Waals surface area contributed by atoms with Crippen LogP contribution in [-0.2, 0) is 9.59 Å². The summed E-state index contributed by atoms with van der Waals surface area (Å²) in [6.07, 6.45) is 0. The highest BCUT2D eigenvalue weighted by Crippen LogP contribution is 2.29. The number of hydrogen-bond donors (Lipinski definition) is 1. The first-order chi connectivity index (χ1) is 13.5. The van der Waals surface area contributed by atoms with E-state index in [9.17, 15) is 14.0 Å². The number of ether oxygens (including phenoxy) is 2. The first-order valence-electron chi connectivity index (χ1n) is 8.84. The molecule has 3 rings (SSSR count). The van der Waals surface area contributed by atoms with E-state index in [1.165, 1.54) is 31.3 Å². The average molecular weight is 387 g/mol. The Labute approximate surface area is 162 Å². The molecule has 0 saturated carbocycles. The summed E-state index contributed by atoms with van der Waals surface area (Å²) in [6.45, 7) is 1.94. The van der Waals surface area contributed by atoms with Gasteiger partial charge in [0.2, 0.25) is 0 Å². The second-order valence-electron chi connectivity index (χ2n) is 6.28. The minimum atomic E-state index is -0.723. The fraction of sp³-hybridized carbons (Fsp3) is 0.300. The molecule has 1 aliphatic heterocycles. The molecule has 2 aromatic rings. The number of nitrogens with zero attached hydrogens (tertiary/aromatic N) is 2. The van der Waals surface area contributed by atoms with E-state index in [0.29, 0.717) is 43.4 Å². The molecule has 0 spiro atoms. The van der Waals surface area contributed by atoms with Crippen LogP contribution in [0.1, 0.15) is 0 Å². The lowest BCUT2D eigenvalue weighted by atomic mass is 10.2. The van der Waals surface area contributed by atoms with E-state index in [2.05, 4.69) is 5.32 Å². The Morgan fingerprint density at radius 2 is 1.64 bits per heavy atom. The minimum Gasteiger partial charge on any atom is -0.497 e. The van der Waals surface area contributed by atoms with Crippen LogP contribution in [0.4, 0.5) is 15.8 Å². The molecule has 1 aliphatic rings. The van der Waals surface area contributed by atoms with E-state index in [1.54, 1.807) is 30.3 Å². The summed E-state index contributed by atoms with van der Waals surface area (Å²) in [7, 11) is 3.00. The van der Waals surface area contributed by atoms with Gasteiger partial charge in [-0.2, -0.15) is 0 Å². The second-order valence-corrected chi connectivity index (χ2v) is 6.28. The van der Waals surface area contributed by atoms with Crippen molar-refractivity contribution in [3.8, 4) is 11.5 Å². The van der Waals surface area contributed by atoms with E-state index < -0.39 is 11.8 Å². The molecule has 0 radical (unpaired) electrons. The molecule has 8 heteroatoms. The highest BCUT2D eigenvalue weighted by molar-refractivity contribution is 6.39. The lowest BCUT2D eigenvalue weighted by Gasteiger charge is -2.35. The van der Waals surface area contributed by atoms with Crippen LogP contribution in [0.15, 0.2) is 42.5 Å². The lowest BCUT2D eigenvalue weighted by molar-refractivity contribution is -0.143. The van der Waals surface area contributed by atoms with Crippen molar-refractivity contribution in [2.45, 2.75) is 0 Å². The van der Waals surface area contributed by atoms with Crippen LogP contribution >= 0.6 is 0 Å². The maximum Gasteiger partial charge on any atom is 0.314 e. The zero-order valence-corrected chi connectivity index (χ0v) is 15.8. The number of hydrogen-bond acceptors (Lipinski definition) is 5. The number of piperazine rings is 1. The summed E-state index contributed by atoms with van der Waals surface area (Å²) in [5, 5.41) is 2.59. The summed E-state index contributed by atoms with van der Waals surface area (Å²) in [6, 6.07) is 11.1. The molecule has 1 saturated heterocycles. The molecule has 7 nitrogen and oxygen atoms in total. The van der Waals surface area contributed by atoms with Gasteiger partial charge in [-0.25, -0.2) is 4.39 Å². The van der Waals surface area contributed by atoms with E-state index in [1.807, 2.05) is 4.90 Å². The summed E-state index contributed by atoms with van der Waals surface area (Å²) in [5.41, 5.74) is 1.28. The molecule has 1 N–H and O–H groups in total. The van der Waals surface area contributed by atoms with Crippen molar-refractivity contribution in [2.75, 3.05) is 50.6 Å². The van der Waals surface area contributed by atoms with Crippen molar-refractivity contribution in [1.29, 1.82) is 0 Å². The van der Waals surface area contributed by atoms with E-state index in [0.717, 1.165) is 5.69 Å². The molecule has 1 heterocycles. The van der Waals surface area contributed by atoms with Crippen molar-refractivity contribution >= 4 is 23.2 Å². The molecule has 148 valence electrons. The van der Waals surface area contributed by atoms with Gasteiger partial charge in [0.25, 0.3) is 0 Å². The van der Waals surface area contributed by atoms with Gasteiger partial charge in [-0.05, 0) is 36.4 Å². The van der Waals surface area contributed by atoms with Crippen LogP contribution in [0.5, 0.6) is 11.5 Å². The van der Waals surface area contributed by atoms with Crippen LogP contribution < -0.4 is 19.7 Å². The number of rotatable bonds is 4. The van der Waals surface area contributed by atoms with Crippen molar-refractivity contribution < 1.29 is 23.5 Å². The highest BCUT2D eigenvalue weighted by Gasteiger charge is 2.26. The molecule has 2 aromatic carbocycles. The van der Waals surface area contributed by atoms with Gasteiger partial charge in [-0.15, -0.1) is 0 Å². The zero-order chi connectivity index (χ0) is 20.1. The number of carbonyl (C=O) groups is 2. The summed E-state index contributed by atoms with van der Waals surface area (Å²) < 4.78 is 23.4. The standard InChI is InChI=1S/C20H22FN3O4/c1-27-16-7-8-17(18(13-16)28-2)22-19(25)20(26)24-11-9-23(10-12-24)15-5-3-14(21)4-6-15/h3-8,13H,9-12H2,1-2H3,(H,22,25). The number of anilines is 2. The summed E-state index contributed by atoms with van der Waals surface area (Å²) in [5.74, 6) is -0.627. The normalized spacial score (nSPS) is 13.8. The zero-order valence-electron chi connectivity index (χ0n) is 15.8. The molecule has 0 aliphatic carbocycles. The fourth-order valence-corrected chi connectivity index (χ4v) is 3.04. The van der Waals surface area contributed by atoms with Gasteiger partial charge >= 0.3 is 11.8 Å². The number of amides is 2. The number of carbonyl (C=O) groups excluding carboxylic acids is 2. The van der Waals surface area contributed by atoms with Gasteiger partial charge in [0, 0.05) is 37.9 Å². The smallest absolute Gasteiger partial charge is 0.314 e. The Hall–Kier alpha value is -3.29. The predicted molar refractivity (Wildman–Crippen MR) is 103 cm³/mol. The number of methoxy groups -OCH3 is 2. The van der Waals surface area contributed by atoms with Crippen molar-refractivity contribution in [2.24, 2.45) is 0 Å². The lowest BCUT2D eigenvalue weighted by Crippen LogP contribution is -2.51. The van der Waals surface area contributed by atoms with Crippen LogP contribution in [0.25, 0.3) is 0 Å². The molecular formula is C20H22FN3O4. The Kier molecular flexibility index (Phi) is 5.98. The van der Waals surface area contributed by atoms with Gasteiger partial charge in [0.1, 0.15) is 17.3 Å². The summed E-state index contributed by atoms with van der Waals surface area (Å²) >= 11 is 0. The number of nitrogens with one attached hydrogen (secondary N) is 1. The first kappa shape index (κ1) is 19.5. The van der Waals surface area contributed by atoms with Gasteiger partial charge < -0.3 is 24.6 Å². The van der Waals surface area contributed by atoms with E-state index >= 15 is 0 Å². The third kappa shape index (κ3) is 4.33. The van der Waals surface area contributed by atoms with Gasteiger partial charge in [0.05, 0.1) is 19.9 Å². The highest BCUT2D eigenvalue weighted by atomic mass is 19.1. The molecule has 0 aromatic heterocycles. The van der Waals surface area contributed by atoms with Crippen molar-refractivity contribution in [3.63, 3.8) is 0 Å². The minimum absolute atomic E-state index is 0.289. The third-order valence-corrected chi connectivity index (χ3v) is 4.61.